The molecule has 16 heavy (non-hydrogen) atoms. The van der Waals surface area contributed by atoms with Crippen molar-refractivity contribution in [2.24, 2.45) is 0 Å². The Kier molecular flexibility index (Phi) is 2.65. The number of nitrogens with one attached hydrogen (secondary N) is 1. The molecule has 0 radical (unpaired) electrons. The zero-order valence-electron chi connectivity index (χ0n) is 8.38. The zero-order valence-corrected chi connectivity index (χ0v) is 8.38. The van der Waals surface area contributed by atoms with Crippen LogP contribution in [0.15, 0.2) is 36.7 Å². The van der Waals surface area contributed by atoms with Crippen molar-refractivity contribution in [1.82, 2.24) is 9.97 Å². The first-order valence-electron chi connectivity index (χ1n) is 4.62. The Labute approximate surface area is 92.6 Å². The number of anilines is 3. The van der Waals surface area contributed by atoms with Crippen LogP contribution in [-0.4, -0.2) is 9.97 Å². The highest BCUT2D eigenvalue weighted by Gasteiger charge is 1.98. The van der Waals surface area contributed by atoms with E-state index in [1.807, 2.05) is 6.07 Å². The Hall–Kier alpha value is -2.61. The summed E-state index contributed by atoms with van der Waals surface area (Å²) in [5.41, 5.74) is 6.86. The van der Waals surface area contributed by atoms with E-state index in [9.17, 15) is 0 Å². The molecular formula is C11H9N5. The van der Waals surface area contributed by atoms with Crippen LogP contribution >= 0.6 is 0 Å². The number of nitrogens with zero attached hydrogens (tertiary/aromatic N) is 3. The van der Waals surface area contributed by atoms with E-state index in [4.69, 9.17) is 11.0 Å². The normalized spacial score (nSPS) is 9.44. The lowest BCUT2D eigenvalue weighted by Crippen LogP contribution is -1.98. The molecule has 5 heteroatoms. The molecule has 0 aliphatic carbocycles. The quantitative estimate of drug-likeness (QED) is 0.788. The number of nitrogens with two attached hydrogens (primary N) is 1. The maximum atomic E-state index is 8.75. The lowest BCUT2D eigenvalue weighted by molar-refractivity contribution is 1.21. The van der Waals surface area contributed by atoms with Crippen LogP contribution in [0.1, 0.15) is 5.56 Å². The third kappa shape index (κ3) is 2.25. The van der Waals surface area contributed by atoms with Gasteiger partial charge in [-0.1, -0.05) is 6.07 Å². The van der Waals surface area contributed by atoms with Crippen molar-refractivity contribution in [3.05, 3.63) is 42.2 Å². The van der Waals surface area contributed by atoms with Crippen molar-refractivity contribution < 1.29 is 0 Å². The van der Waals surface area contributed by atoms with Crippen molar-refractivity contribution in [1.29, 1.82) is 5.26 Å². The summed E-state index contributed by atoms with van der Waals surface area (Å²) >= 11 is 0. The Morgan fingerprint density at radius 3 is 2.94 bits per heavy atom. The van der Waals surface area contributed by atoms with Crippen LogP contribution in [0.25, 0.3) is 0 Å². The molecule has 0 aliphatic heterocycles. The highest BCUT2D eigenvalue weighted by molar-refractivity contribution is 5.58. The van der Waals surface area contributed by atoms with Gasteiger partial charge in [0.15, 0.2) is 5.82 Å². The van der Waals surface area contributed by atoms with Gasteiger partial charge < -0.3 is 11.1 Å². The van der Waals surface area contributed by atoms with Gasteiger partial charge in [-0.3, -0.25) is 4.98 Å². The smallest absolute Gasteiger partial charge is 0.151 e. The first-order chi connectivity index (χ1) is 7.78. The number of hydrogen-bond acceptors (Lipinski definition) is 5. The minimum absolute atomic E-state index is 0.349. The van der Waals surface area contributed by atoms with Crippen LogP contribution in [0.4, 0.5) is 17.3 Å². The van der Waals surface area contributed by atoms with Crippen LogP contribution in [-0.2, 0) is 0 Å². The number of nitriles is 1. The predicted octanol–water partition coefficient (Wildman–Crippen LogP) is 1.67. The molecule has 2 rings (SSSR count). The third-order valence-corrected chi connectivity index (χ3v) is 1.92. The molecule has 0 saturated carbocycles. The van der Waals surface area contributed by atoms with Gasteiger partial charge >= 0.3 is 0 Å². The summed E-state index contributed by atoms with van der Waals surface area (Å²) in [6.45, 7) is 0. The molecule has 0 atom stereocenters. The zero-order chi connectivity index (χ0) is 11.4. The predicted molar refractivity (Wildman–Crippen MR) is 60.9 cm³/mol. The van der Waals surface area contributed by atoms with Crippen molar-refractivity contribution in [2.45, 2.75) is 0 Å². The van der Waals surface area contributed by atoms with Crippen molar-refractivity contribution in [3.63, 3.8) is 0 Å². The fraction of sp³-hybridized carbons (Fsp3) is 0. The first kappa shape index (κ1) is 9.93. The average molecular weight is 211 g/mol. The summed E-state index contributed by atoms with van der Waals surface area (Å²) in [6.07, 6.45) is 3.03. The summed E-state index contributed by atoms with van der Waals surface area (Å²) in [7, 11) is 0. The minimum atomic E-state index is 0.349. The Morgan fingerprint density at radius 1 is 1.31 bits per heavy atom. The van der Waals surface area contributed by atoms with Gasteiger partial charge in [0.2, 0.25) is 0 Å². The van der Waals surface area contributed by atoms with E-state index >= 15 is 0 Å². The van der Waals surface area contributed by atoms with E-state index in [0.717, 1.165) is 5.69 Å². The summed E-state index contributed by atoms with van der Waals surface area (Å²) in [5, 5.41) is 11.8. The Morgan fingerprint density at radius 2 is 2.19 bits per heavy atom. The lowest BCUT2D eigenvalue weighted by atomic mass is 10.2. The van der Waals surface area contributed by atoms with Crippen molar-refractivity contribution in [3.8, 4) is 6.07 Å². The van der Waals surface area contributed by atoms with Crippen LogP contribution in [0.5, 0.6) is 0 Å². The summed E-state index contributed by atoms with van der Waals surface area (Å²) < 4.78 is 0. The number of aromatic nitrogens is 2. The molecule has 1 heterocycles. The fourth-order valence-corrected chi connectivity index (χ4v) is 1.26. The average Bonchev–Trinajstić information content (AvgIpc) is 2.29. The van der Waals surface area contributed by atoms with Gasteiger partial charge in [-0.15, -0.1) is 0 Å². The van der Waals surface area contributed by atoms with Gasteiger partial charge in [0.05, 0.1) is 24.0 Å². The van der Waals surface area contributed by atoms with E-state index in [1.54, 1.807) is 24.4 Å². The molecule has 0 bridgehead atoms. The van der Waals surface area contributed by atoms with Gasteiger partial charge in [-0.2, -0.15) is 5.26 Å². The fourth-order valence-electron chi connectivity index (χ4n) is 1.26. The first-order valence-corrected chi connectivity index (χ1v) is 4.62. The molecule has 0 spiro atoms. The molecule has 0 saturated heterocycles. The maximum absolute atomic E-state index is 8.75. The SMILES string of the molecule is N#Cc1cccc(Nc2cncc(N)n2)c1. The van der Waals surface area contributed by atoms with Gasteiger partial charge in [-0.25, -0.2) is 4.98 Å². The maximum Gasteiger partial charge on any atom is 0.151 e. The standard InChI is InChI=1S/C11H9N5/c12-5-8-2-1-3-9(4-8)15-11-7-14-6-10(13)16-11/h1-4,6-7H,(H3,13,15,16). The molecular weight excluding hydrogens is 202 g/mol. The Bertz CT molecular complexity index is 544. The number of benzene rings is 1. The number of nitrogen functional groups attached to an aromatic ring is 1. The third-order valence-electron chi connectivity index (χ3n) is 1.92. The van der Waals surface area contributed by atoms with Crippen LogP contribution < -0.4 is 11.1 Å². The second-order valence-electron chi connectivity index (χ2n) is 3.15. The van der Waals surface area contributed by atoms with E-state index in [1.165, 1.54) is 6.20 Å². The lowest BCUT2D eigenvalue weighted by Gasteiger charge is -2.05. The number of hydrogen-bond donors (Lipinski definition) is 2. The molecule has 3 N–H and O–H groups in total. The summed E-state index contributed by atoms with van der Waals surface area (Å²) in [4.78, 5) is 7.95. The van der Waals surface area contributed by atoms with E-state index in [-0.39, 0.29) is 0 Å². The summed E-state index contributed by atoms with van der Waals surface area (Å²) in [6, 6.07) is 9.15. The number of rotatable bonds is 2. The van der Waals surface area contributed by atoms with E-state index < -0.39 is 0 Å². The summed E-state index contributed by atoms with van der Waals surface area (Å²) in [5.74, 6) is 0.900. The van der Waals surface area contributed by atoms with E-state index in [2.05, 4.69) is 21.4 Å². The van der Waals surface area contributed by atoms with Gasteiger partial charge in [0.25, 0.3) is 0 Å². The molecule has 0 aliphatic rings. The van der Waals surface area contributed by atoms with E-state index in [0.29, 0.717) is 17.2 Å². The second-order valence-corrected chi connectivity index (χ2v) is 3.15. The van der Waals surface area contributed by atoms with Crippen LogP contribution in [0, 0.1) is 11.3 Å². The van der Waals surface area contributed by atoms with Crippen LogP contribution in [0.2, 0.25) is 0 Å². The monoisotopic (exact) mass is 211 g/mol. The molecule has 0 fully saturated rings. The minimum Gasteiger partial charge on any atom is -0.382 e. The van der Waals surface area contributed by atoms with Crippen LogP contribution in [0.3, 0.4) is 0 Å². The molecule has 1 aromatic heterocycles. The topological polar surface area (TPSA) is 87.6 Å². The molecule has 0 unspecified atom stereocenters. The van der Waals surface area contributed by atoms with Gasteiger partial charge in [-0.05, 0) is 18.2 Å². The molecule has 5 nitrogen and oxygen atoms in total. The molecule has 2 aromatic rings. The van der Waals surface area contributed by atoms with Crippen molar-refractivity contribution in [2.75, 3.05) is 11.1 Å². The second kappa shape index (κ2) is 4.28. The van der Waals surface area contributed by atoms with Gasteiger partial charge in [0, 0.05) is 5.69 Å². The Balaban J connectivity index is 2.24. The highest BCUT2D eigenvalue weighted by atomic mass is 15.0. The molecule has 1 aromatic carbocycles. The largest absolute Gasteiger partial charge is 0.382 e. The molecule has 78 valence electrons. The van der Waals surface area contributed by atoms with Crippen molar-refractivity contribution >= 4 is 17.3 Å². The highest BCUT2D eigenvalue weighted by Crippen LogP contribution is 2.15. The molecule has 0 amide bonds. The van der Waals surface area contributed by atoms with Gasteiger partial charge in [0.1, 0.15) is 5.82 Å².